The van der Waals surface area contributed by atoms with Gasteiger partial charge in [-0.1, -0.05) is 26.2 Å². The molecule has 4 heteroatoms. The van der Waals surface area contributed by atoms with Gasteiger partial charge in [0.15, 0.2) is 0 Å². The minimum absolute atomic E-state index is 0.00417. The summed E-state index contributed by atoms with van der Waals surface area (Å²) in [5.41, 5.74) is 0. The number of ether oxygens (including phenoxy) is 1. The second-order valence-corrected chi connectivity index (χ2v) is 4.02. The minimum atomic E-state index is -0.833. The molecule has 4 nitrogen and oxygen atoms in total. The molecule has 1 unspecified atom stereocenters. The van der Waals surface area contributed by atoms with Crippen molar-refractivity contribution >= 4 is 11.9 Å². The van der Waals surface area contributed by atoms with Crippen LogP contribution in [0.15, 0.2) is 0 Å². The van der Waals surface area contributed by atoms with Crippen molar-refractivity contribution < 1.29 is 19.4 Å². The van der Waals surface area contributed by atoms with Crippen molar-refractivity contribution in [3.05, 3.63) is 0 Å². The zero-order valence-corrected chi connectivity index (χ0v) is 10.2. The Kier molecular flexibility index (Phi) is 8.58. The van der Waals surface area contributed by atoms with Crippen LogP contribution in [0.2, 0.25) is 0 Å². The zero-order valence-electron chi connectivity index (χ0n) is 10.2. The highest BCUT2D eigenvalue weighted by molar-refractivity contribution is 5.71. The molecule has 0 saturated carbocycles. The van der Waals surface area contributed by atoms with Crippen molar-refractivity contribution in [2.24, 2.45) is 0 Å². The number of hydrogen-bond acceptors (Lipinski definition) is 3. The number of carbonyl (C=O) groups is 2. The smallest absolute Gasteiger partial charge is 0.306 e. The fourth-order valence-corrected chi connectivity index (χ4v) is 1.58. The molecule has 1 aliphatic heterocycles. The van der Waals surface area contributed by atoms with Crippen LogP contribution in [0.1, 0.15) is 58.8 Å². The van der Waals surface area contributed by atoms with Crippen LogP contribution >= 0.6 is 0 Å². The van der Waals surface area contributed by atoms with Crippen LogP contribution < -0.4 is 0 Å². The first kappa shape index (κ1) is 14.9. The van der Waals surface area contributed by atoms with Gasteiger partial charge in [0.25, 0.3) is 5.97 Å². The summed E-state index contributed by atoms with van der Waals surface area (Å²) in [5.74, 6) is -0.838. The van der Waals surface area contributed by atoms with E-state index < -0.39 is 5.97 Å². The average molecular weight is 230 g/mol. The third kappa shape index (κ3) is 9.49. The maximum atomic E-state index is 10.7. The summed E-state index contributed by atoms with van der Waals surface area (Å²) in [6, 6.07) is 0. The molecule has 1 atom stereocenters. The molecule has 0 bridgehead atoms. The number of carboxylic acids is 1. The average Bonchev–Trinajstić information content (AvgIpc) is 2.58. The molecule has 0 aliphatic carbocycles. The van der Waals surface area contributed by atoms with E-state index in [0.717, 1.165) is 19.8 Å². The van der Waals surface area contributed by atoms with E-state index in [2.05, 4.69) is 6.92 Å². The van der Waals surface area contributed by atoms with Crippen molar-refractivity contribution in [2.45, 2.75) is 64.9 Å². The number of hydrogen-bond donors (Lipinski definition) is 1. The first-order valence-electron chi connectivity index (χ1n) is 5.95. The summed E-state index contributed by atoms with van der Waals surface area (Å²) in [4.78, 5) is 19.7. The van der Waals surface area contributed by atoms with Crippen LogP contribution in [-0.4, -0.2) is 23.1 Å². The molecule has 94 valence electrons. The SMILES string of the molecule is CC(=O)O.CCCCCCC1CCC(=O)O1. The Labute approximate surface area is 97.0 Å². The van der Waals surface area contributed by atoms with Crippen LogP contribution in [0.5, 0.6) is 0 Å². The lowest BCUT2D eigenvalue weighted by Gasteiger charge is -2.07. The topological polar surface area (TPSA) is 63.6 Å². The van der Waals surface area contributed by atoms with Crippen molar-refractivity contribution in [1.82, 2.24) is 0 Å². The molecule has 16 heavy (non-hydrogen) atoms. The maximum absolute atomic E-state index is 10.7. The molecule has 0 aromatic carbocycles. The van der Waals surface area contributed by atoms with E-state index in [1.54, 1.807) is 0 Å². The van der Waals surface area contributed by atoms with Gasteiger partial charge in [-0.25, -0.2) is 0 Å². The second-order valence-electron chi connectivity index (χ2n) is 4.02. The molecule has 0 aromatic rings. The normalized spacial score (nSPS) is 18.6. The van der Waals surface area contributed by atoms with Gasteiger partial charge in [-0.3, -0.25) is 9.59 Å². The molecule has 1 aliphatic rings. The lowest BCUT2D eigenvalue weighted by Crippen LogP contribution is -2.05. The van der Waals surface area contributed by atoms with E-state index >= 15 is 0 Å². The molecule has 1 N–H and O–H groups in total. The Morgan fingerprint density at radius 1 is 1.44 bits per heavy atom. The molecule has 1 heterocycles. The molecule has 0 amide bonds. The van der Waals surface area contributed by atoms with Crippen molar-refractivity contribution in [1.29, 1.82) is 0 Å². The lowest BCUT2D eigenvalue weighted by atomic mass is 10.1. The molecule has 1 fully saturated rings. The molecule has 1 saturated heterocycles. The second kappa shape index (κ2) is 9.19. The van der Waals surface area contributed by atoms with Gasteiger partial charge in [0.2, 0.25) is 0 Å². The first-order chi connectivity index (χ1) is 7.56. The minimum Gasteiger partial charge on any atom is -0.481 e. The predicted molar refractivity (Wildman–Crippen MR) is 61.2 cm³/mol. The van der Waals surface area contributed by atoms with Crippen LogP contribution in [0.4, 0.5) is 0 Å². The van der Waals surface area contributed by atoms with E-state index in [0.29, 0.717) is 6.42 Å². The Hall–Kier alpha value is -1.06. The Balaban J connectivity index is 0.000000487. The fourth-order valence-electron chi connectivity index (χ4n) is 1.58. The van der Waals surface area contributed by atoms with Gasteiger partial charge in [0, 0.05) is 13.3 Å². The van der Waals surface area contributed by atoms with Gasteiger partial charge in [-0.15, -0.1) is 0 Å². The van der Waals surface area contributed by atoms with Gasteiger partial charge >= 0.3 is 5.97 Å². The molecule has 0 radical (unpaired) electrons. The summed E-state index contributed by atoms with van der Waals surface area (Å²) in [7, 11) is 0. The highest BCUT2D eigenvalue weighted by atomic mass is 16.5. The number of unbranched alkanes of at least 4 members (excludes halogenated alkanes) is 3. The molecule has 0 spiro atoms. The fraction of sp³-hybridized carbons (Fsp3) is 0.833. The number of aliphatic carboxylic acids is 1. The summed E-state index contributed by atoms with van der Waals surface area (Å²) in [5, 5.41) is 7.42. The van der Waals surface area contributed by atoms with Crippen LogP contribution in [0, 0.1) is 0 Å². The van der Waals surface area contributed by atoms with Gasteiger partial charge in [0.05, 0.1) is 0 Å². The van der Waals surface area contributed by atoms with Crippen molar-refractivity contribution in [2.75, 3.05) is 0 Å². The summed E-state index contributed by atoms with van der Waals surface area (Å²) >= 11 is 0. The predicted octanol–water partition coefficient (Wildman–Crippen LogP) is 2.75. The van der Waals surface area contributed by atoms with Crippen LogP contribution in [0.3, 0.4) is 0 Å². The standard InChI is InChI=1S/C10H18O2.C2H4O2/c1-2-3-4-5-6-9-7-8-10(11)12-9;1-2(3)4/h9H,2-8H2,1H3;1H3,(H,3,4). The maximum Gasteiger partial charge on any atom is 0.306 e. The highest BCUT2D eigenvalue weighted by Crippen LogP contribution is 2.19. The van der Waals surface area contributed by atoms with Crippen molar-refractivity contribution in [3.8, 4) is 0 Å². The van der Waals surface area contributed by atoms with Crippen LogP contribution in [0.25, 0.3) is 0 Å². The van der Waals surface area contributed by atoms with Gasteiger partial charge in [-0.2, -0.15) is 0 Å². The van der Waals surface area contributed by atoms with Crippen LogP contribution in [-0.2, 0) is 14.3 Å². The van der Waals surface area contributed by atoms with E-state index in [1.165, 1.54) is 25.7 Å². The lowest BCUT2D eigenvalue weighted by molar-refractivity contribution is -0.141. The Morgan fingerprint density at radius 2 is 2.06 bits per heavy atom. The Bertz CT molecular complexity index is 209. The quantitative estimate of drug-likeness (QED) is 0.582. The molecular weight excluding hydrogens is 208 g/mol. The van der Waals surface area contributed by atoms with E-state index in [4.69, 9.17) is 14.6 Å². The van der Waals surface area contributed by atoms with Gasteiger partial charge < -0.3 is 9.84 Å². The monoisotopic (exact) mass is 230 g/mol. The molecule has 0 aromatic heterocycles. The number of esters is 1. The summed E-state index contributed by atoms with van der Waals surface area (Å²) < 4.78 is 5.10. The van der Waals surface area contributed by atoms with E-state index in [1.807, 2.05) is 0 Å². The molecule has 1 rings (SSSR count). The van der Waals surface area contributed by atoms with Gasteiger partial charge in [-0.05, 0) is 19.3 Å². The third-order valence-electron chi connectivity index (χ3n) is 2.35. The Morgan fingerprint density at radius 3 is 2.50 bits per heavy atom. The third-order valence-corrected chi connectivity index (χ3v) is 2.35. The van der Waals surface area contributed by atoms with E-state index in [9.17, 15) is 4.79 Å². The number of carbonyl (C=O) groups excluding carboxylic acids is 1. The largest absolute Gasteiger partial charge is 0.481 e. The van der Waals surface area contributed by atoms with Gasteiger partial charge in [0.1, 0.15) is 6.10 Å². The summed E-state index contributed by atoms with van der Waals surface area (Å²) in [6.45, 7) is 3.29. The highest BCUT2D eigenvalue weighted by Gasteiger charge is 2.22. The summed E-state index contributed by atoms with van der Waals surface area (Å²) in [6.07, 6.45) is 7.98. The number of rotatable bonds is 5. The first-order valence-corrected chi connectivity index (χ1v) is 5.95. The molecular formula is C12H22O4. The number of carboxylic acid groups (broad SMARTS) is 1. The van der Waals surface area contributed by atoms with E-state index in [-0.39, 0.29) is 12.1 Å². The van der Waals surface area contributed by atoms with Crippen molar-refractivity contribution in [3.63, 3.8) is 0 Å². The zero-order chi connectivity index (χ0) is 12.4. The number of cyclic esters (lactones) is 1.